The molecule has 0 atom stereocenters. The van der Waals surface area contributed by atoms with Crippen LogP contribution in [0.1, 0.15) is 26.2 Å². The molecule has 0 bridgehead atoms. The monoisotopic (exact) mass is 572 g/mol. The fraction of sp³-hybridized carbons (Fsp3) is 0.281. The van der Waals surface area contributed by atoms with E-state index in [0.29, 0.717) is 39.7 Å². The van der Waals surface area contributed by atoms with E-state index in [1.165, 1.54) is 42.5 Å². The lowest BCUT2D eigenvalue weighted by Gasteiger charge is -2.26. The Bertz CT molecular complexity index is 1570. The van der Waals surface area contributed by atoms with Crippen LogP contribution in [0.2, 0.25) is 0 Å². The van der Waals surface area contributed by atoms with Gasteiger partial charge in [-0.2, -0.15) is 0 Å². The van der Waals surface area contributed by atoms with E-state index in [2.05, 4.69) is 34.1 Å². The van der Waals surface area contributed by atoms with Crippen LogP contribution in [0.5, 0.6) is 23.0 Å². The number of pyridine rings is 1. The minimum absolute atomic E-state index is 0.00690. The zero-order valence-electron chi connectivity index (χ0n) is 23.6. The molecule has 3 aliphatic rings. The number of carbonyl (C=O) groups is 2. The first-order valence-corrected chi connectivity index (χ1v) is 13.8. The zero-order valence-corrected chi connectivity index (χ0v) is 23.6. The third-order valence-corrected chi connectivity index (χ3v) is 7.14. The number of hydrogen-bond acceptors (Lipinski definition) is 7. The number of benzene rings is 3. The fourth-order valence-corrected chi connectivity index (χ4v) is 4.93. The van der Waals surface area contributed by atoms with Gasteiger partial charge in [-0.3, -0.25) is 14.7 Å². The first-order valence-electron chi connectivity index (χ1n) is 13.8. The molecule has 1 aromatic heterocycles. The van der Waals surface area contributed by atoms with Gasteiger partial charge in [0.25, 0.3) is 0 Å². The number of carbonyl (C=O) groups excluding carboxylic acids is 2. The molecule has 1 saturated heterocycles. The fourth-order valence-electron chi connectivity index (χ4n) is 4.93. The maximum atomic E-state index is 14.8. The van der Waals surface area contributed by atoms with E-state index in [1.807, 2.05) is 0 Å². The summed E-state index contributed by atoms with van der Waals surface area (Å²) < 4.78 is 32.2. The Morgan fingerprint density at radius 2 is 1.71 bits per heavy atom. The van der Waals surface area contributed by atoms with Gasteiger partial charge >= 0.3 is 6.03 Å². The van der Waals surface area contributed by atoms with Crippen LogP contribution in [0, 0.1) is 5.82 Å². The van der Waals surface area contributed by atoms with Crippen LogP contribution in [-0.4, -0.2) is 55.2 Å². The maximum absolute atomic E-state index is 14.8. The summed E-state index contributed by atoms with van der Waals surface area (Å²) in [6.07, 6.45) is 5.27. The number of imide groups is 1. The average Bonchev–Trinajstić information content (AvgIpc) is 3.58. The highest BCUT2D eigenvalue weighted by molar-refractivity contribution is 6.12. The number of likely N-dealkylation sites (tertiary alicyclic amines) is 1. The van der Waals surface area contributed by atoms with Crippen LogP contribution >= 0.6 is 0 Å². The molecular formula is C32H33FN4O5. The lowest BCUT2D eigenvalue weighted by atomic mass is 10.1. The number of methoxy groups -OCH3 is 1. The zero-order chi connectivity index (χ0) is 29.6. The number of halogens is 1. The number of ether oxygens (including phenoxy) is 3. The summed E-state index contributed by atoms with van der Waals surface area (Å²) in [7, 11) is 1.55. The maximum Gasteiger partial charge on any atom is 0.326 e. The number of primary amides is 1. The third-order valence-electron chi connectivity index (χ3n) is 7.14. The topological polar surface area (TPSA) is 107 Å². The number of piperidine rings is 1. The second-order valence-electron chi connectivity index (χ2n) is 10.1. The molecule has 6 rings (SSSR count). The van der Waals surface area contributed by atoms with Gasteiger partial charge in [0.05, 0.1) is 18.3 Å². The first kappa shape index (κ1) is 28.8. The largest absolute Gasteiger partial charge is 0.493 e. The molecule has 2 N–H and O–H groups in total. The average molecular weight is 573 g/mol. The van der Waals surface area contributed by atoms with Crippen molar-refractivity contribution in [2.45, 2.75) is 26.2 Å². The highest BCUT2D eigenvalue weighted by Gasteiger charge is 2.20. The SMILES string of the molecule is COc1cc2c(Oc3ccc(N(C(C)=O)C(N)=O)cc3F)ccnc2cc1OCCN1CCCCC1.c1cc2cc-2c1. The standard InChI is InChI=1S/C26H29FN4O5.C6H4/c1-17(32)31(26(28)33)18-6-7-23(20(27)14-18)36-22-8-9-29-21-16-25(24(34-2)15-19(21)22)35-13-12-30-10-4-3-5-11-30;1-2-5-4-6(5)3-1/h6-9,14-16H,3-5,10-13H2,1-2H3,(H2,28,33);1-4H. The molecule has 0 radical (unpaired) electrons. The summed E-state index contributed by atoms with van der Waals surface area (Å²) in [5.41, 5.74) is 8.68. The number of nitrogens with two attached hydrogens (primary N) is 1. The number of nitrogens with zero attached hydrogens (tertiary/aromatic N) is 3. The van der Waals surface area contributed by atoms with Crippen molar-refractivity contribution in [3.8, 4) is 34.1 Å². The summed E-state index contributed by atoms with van der Waals surface area (Å²) in [5.74, 6) is -0.0686. The molecule has 42 heavy (non-hydrogen) atoms. The van der Waals surface area contributed by atoms with E-state index in [-0.39, 0.29) is 11.4 Å². The molecule has 1 aliphatic heterocycles. The van der Waals surface area contributed by atoms with Crippen molar-refractivity contribution >= 4 is 28.5 Å². The highest BCUT2D eigenvalue weighted by Crippen LogP contribution is 2.38. The number of fused-ring (bicyclic) bond motifs is 2. The molecule has 2 heterocycles. The molecular weight excluding hydrogens is 539 g/mol. The molecule has 10 heteroatoms. The van der Waals surface area contributed by atoms with Gasteiger partial charge in [-0.25, -0.2) is 14.1 Å². The number of aromatic nitrogens is 1. The highest BCUT2D eigenvalue weighted by atomic mass is 19.1. The minimum Gasteiger partial charge on any atom is -0.493 e. The Morgan fingerprint density at radius 1 is 0.952 bits per heavy atom. The second-order valence-corrected chi connectivity index (χ2v) is 10.1. The van der Waals surface area contributed by atoms with Crippen molar-refractivity contribution < 1.29 is 28.2 Å². The molecule has 3 aromatic rings. The smallest absolute Gasteiger partial charge is 0.326 e. The Kier molecular flexibility index (Phi) is 8.83. The van der Waals surface area contributed by atoms with Crippen LogP contribution in [0.25, 0.3) is 22.0 Å². The Morgan fingerprint density at radius 3 is 2.31 bits per heavy atom. The van der Waals surface area contributed by atoms with Crippen molar-refractivity contribution in [2.75, 3.05) is 38.3 Å². The van der Waals surface area contributed by atoms with Crippen molar-refractivity contribution in [3.63, 3.8) is 0 Å². The third kappa shape index (κ3) is 6.77. The molecule has 2 aliphatic carbocycles. The van der Waals surface area contributed by atoms with Crippen LogP contribution in [0.15, 0.2) is 66.9 Å². The molecule has 0 spiro atoms. The van der Waals surface area contributed by atoms with Crippen LogP contribution < -0.4 is 24.8 Å². The van der Waals surface area contributed by atoms with E-state index < -0.39 is 17.8 Å². The molecule has 0 unspecified atom stereocenters. The van der Waals surface area contributed by atoms with Gasteiger partial charge in [0.15, 0.2) is 23.1 Å². The second kappa shape index (κ2) is 12.9. The van der Waals surface area contributed by atoms with Crippen LogP contribution in [0.4, 0.5) is 14.9 Å². The van der Waals surface area contributed by atoms with E-state index in [9.17, 15) is 14.0 Å². The number of anilines is 1. The van der Waals surface area contributed by atoms with Gasteiger partial charge in [-0.1, -0.05) is 24.6 Å². The van der Waals surface area contributed by atoms with Crippen molar-refractivity contribution in [2.24, 2.45) is 5.73 Å². The van der Waals surface area contributed by atoms with Crippen molar-refractivity contribution in [3.05, 3.63) is 72.7 Å². The van der Waals surface area contributed by atoms with Crippen molar-refractivity contribution in [1.82, 2.24) is 9.88 Å². The molecule has 218 valence electrons. The summed E-state index contributed by atoms with van der Waals surface area (Å²) in [4.78, 5) is 30.7. The molecule has 9 nitrogen and oxygen atoms in total. The quantitative estimate of drug-likeness (QED) is 0.238. The normalized spacial score (nSPS) is 13.5. The summed E-state index contributed by atoms with van der Waals surface area (Å²) in [6.45, 7) is 4.71. The van der Waals surface area contributed by atoms with E-state index in [1.54, 1.807) is 31.5 Å². The van der Waals surface area contributed by atoms with Gasteiger partial charge in [0, 0.05) is 37.2 Å². The lowest BCUT2D eigenvalue weighted by molar-refractivity contribution is -0.115. The Labute approximate surface area is 243 Å². The molecule has 2 aromatic carbocycles. The van der Waals surface area contributed by atoms with Gasteiger partial charge in [0.1, 0.15) is 12.4 Å². The lowest BCUT2D eigenvalue weighted by Crippen LogP contribution is -2.39. The number of hydrogen-bond donors (Lipinski definition) is 1. The predicted molar refractivity (Wildman–Crippen MR) is 159 cm³/mol. The predicted octanol–water partition coefficient (Wildman–Crippen LogP) is 6.14. The minimum atomic E-state index is -1.00. The molecule has 1 fully saturated rings. The van der Waals surface area contributed by atoms with Crippen molar-refractivity contribution in [1.29, 1.82) is 0 Å². The number of amides is 3. The Balaban J connectivity index is 0.000000513. The van der Waals surface area contributed by atoms with E-state index in [4.69, 9.17) is 19.9 Å². The van der Waals surface area contributed by atoms with E-state index >= 15 is 0 Å². The number of rotatable bonds is 8. The Hall–Kier alpha value is -4.70. The van der Waals surface area contributed by atoms with Crippen LogP contribution in [0.3, 0.4) is 0 Å². The summed E-state index contributed by atoms with van der Waals surface area (Å²) in [5, 5.41) is 0.601. The van der Waals surface area contributed by atoms with Gasteiger partial charge in [0.2, 0.25) is 5.91 Å². The summed E-state index contributed by atoms with van der Waals surface area (Å²) >= 11 is 0. The molecule has 0 saturated carbocycles. The molecule has 3 amide bonds. The van der Waals surface area contributed by atoms with Gasteiger partial charge in [-0.05, 0) is 67.4 Å². The van der Waals surface area contributed by atoms with Gasteiger partial charge < -0.3 is 19.9 Å². The summed E-state index contributed by atoms with van der Waals surface area (Å²) in [6, 6.07) is 16.3. The van der Waals surface area contributed by atoms with E-state index in [0.717, 1.165) is 32.6 Å². The van der Waals surface area contributed by atoms with Gasteiger partial charge in [-0.15, -0.1) is 0 Å². The van der Waals surface area contributed by atoms with Crippen LogP contribution in [-0.2, 0) is 4.79 Å². The first-order chi connectivity index (χ1) is 20.3. The number of urea groups is 1.